The summed E-state index contributed by atoms with van der Waals surface area (Å²) in [6.45, 7) is 13.7. The lowest BCUT2D eigenvalue weighted by atomic mass is 9.79. The second kappa shape index (κ2) is 14.5. The smallest absolute Gasteiger partial charge is 0.322 e. The monoisotopic (exact) mass is 424 g/mol. The van der Waals surface area contributed by atoms with Crippen molar-refractivity contribution in [3.63, 3.8) is 0 Å². The van der Waals surface area contributed by atoms with Crippen LogP contribution in [0, 0.1) is 0 Å². The summed E-state index contributed by atoms with van der Waals surface area (Å²) in [5, 5.41) is 7.20. The zero-order chi connectivity index (χ0) is 22.5. The van der Waals surface area contributed by atoms with Gasteiger partial charge in [-0.2, -0.15) is 0 Å². The molecule has 1 aliphatic heterocycles. The summed E-state index contributed by atoms with van der Waals surface area (Å²) in [6, 6.07) is 0.0995. The van der Waals surface area contributed by atoms with Crippen molar-refractivity contribution in [1.29, 1.82) is 0 Å². The van der Waals surface area contributed by atoms with Crippen LogP contribution in [0.25, 0.3) is 0 Å². The molecule has 4 heteroatoms. The number of rotatable bonds is 16. The molecule has 0 saturated carbocycles. The van der Waals surface area contributed by atoms with Gasteiger partial charge in [-0.05, 0) is 53.9 Å². The van der Waals surface area contributed by atoms with Crippen molar-refractivity contribution in [1.82, 2.24) is 10.6 Å². The third-order valence-corrected chi connectivity index (χ3v) is 6.27. The van der Waals surface area contributed by atoms with Gasteiger partial charge in [0.2, 0.25) is 0 Å². The maximum Gasteiger partial charge on any atom is 0.322 e. The first-order valence-electron chi connectivity index (χ1n) is 12.9. The van der Waals surface area contributed by atoms with E-state index in [0.29, 0.717) is 12.6 Å². The molecule has 1 atom stereocenters. The van der Waals surface area contributed by atoms with E-state index in [-0.39, 0.29) is 23.1 Å². The Bertz CT molecular complexity index is 446. The van der Waals surface area contributed by atoms with Crippen molar-refractivity contribution in [2.45, 2.75) is 155 Å². The fourth-order valence-electron chi connectivity index (χ4n) is 5.10. The summed E-state index contributed by atoms with van der Waals surface area (Å²) < 4.78 is 5.52. The van der Waals surface area contributed by atoms with E-state index in [1.165, 1.54) is 70.6 Å². The number of esters is 1. The Hall–Kier alpha value is -0.610. The van der Waals surface area contributed by atoms with Crippen LogP contribution in [-0.2, 0) is 9.53 Å². The highest BCUT2D eigenvalue weighted by molar-refractivity contribution is 5.75. The van der Waals surface area contributed by atoms with E-state index in [9.17, 15) is 4.79 Å². The number of hydrogen-bond acceptors (Lipinski definition) is 4. The van der Waals surface area contributed by atoms with Crippen molar-refractivity contribution >= 4 is 5.97 Å². The maximum atomic E-state index is 12.3. The van der Waals surface area contributed by atoms with E-state index in [2.05, 4.69) is 45.3 Å². The van der Waals surface area contributed by atoms with E-state index >= 15 is 0 Å². The molecule has 0 spiro atoms. The van der Waals surface area contributed by atoms with Gasteiger partial charge in [0.05, 0.1) is 6.61 Å². The molecule has 1 rings (SSSR count). The van der Waals surface area contributed by atoms with E-state index in [1.54, 1.807) is 0 Å². The molecule has 30 heavy (non-hydrogen) atoms. The average Bonchev–Trinajstić information content (AvgIpc) is 2.62. The van der Waals surface area contributed by atoms with Gasteiger partial charge in [-0.1, -0.05) is 77.6 Å². The SMILES string of the molecule is CCCCCCCCCCCCCCOC(=O)[C@H](C)NC1CC(C)(C)NC(C)(C)C1. The molecule has 178 valence electrons. The van der Waals surface area contributed by atoms with E-state index in [1.807, 2.05) is 6.92 Å². The molecule has 0 aromatic rings. The van der Waals surface area contributed by atoms with Crippen LogP contribution in [0.4, 0.5) is 0 Å². The molecule has 4 nitrogen and oxygen atoms in total. The molecule has 0 aromatic heterocycles. The number of carbonyl (C=O) groups is 1. The lowest BCUT2D eigenvalue weighted by Gasteiger charge is -2.47. The van der Waals surface area contributed by atoms with Crippen LogP contribution in [0.1, 0.15) is 131 Å². The summed E-state index contributed by atoms with van der Waals surface area (Å²) in [4.78, 5) is 12.3. The normalized spacial score (nSPS) is 19.5. The summed E-state index contributed by atoms with van der Waals surface area (Å²) in [6.07, 6.45) is 17.9. The minimum atomic E-state index is -0.239. The van der Waals surface area contributed by atoms with E-state index in [4.69, 9.17) is 4.74 Å². The van der Waals surface area contributed by atoms with Crippen LogP contribution in [-0.4, -0.2) is 35.7 Å². The van der Waals surface area contributed by atoms with E-state index < -0.39 is 0 Å². The zero-order valence-electron chi connectivity index (χ0n) is 21.1. The molecule has 1 aliphatic rings. The van der Waals surface area contributed by atoms with Crippen LogP contribution in [0.15, 0.2) is 0 Å². The minimum absolute atomic E-state index is 0.0814. The summed E-state index contributed by atoms with van der Waals surface area (Å²) in [7, 11) is 0. The van der Waals surface area contributed by atoms with Crippen molar-refractivity contribution in [3.8, 4) is 0 Å². The van der Waals surface area contributed by atoms with Gasteiger partial charge in [0, 0.05) is 17.1 Å². The van der Waals surface area contributed by atoms with Crippen LogP contribution in [0.3, 0.4) is 0 Å². The largest absolute Gasteiger partial charge is 0.465 e. The molecule has 1 saturated heterocycles. The Morgan fingerprint density at radius 2 is 1.30 bits per heavy atom. The average molecular weight is 425 g/mol. The maximum absolute atomic E-state index is 12.3. The quantitative estimate of drug-likeness (QED) is 0.219. The van der Waals surface area contributed by atoms with Crippen LogP contribution in [0.2, 0.25) is 0 Å². The molecular formula is C26H52N2O2. The first-order chi connectivity index (χ1) is 14.2. The lowest BCUT2D eigenvalue weighted by Crippen LogP contribution is -2.62. The lowest BCUT2D eigenvalue weighted by molar-refractivity contribution is -0.146. The number of hydrogen-bond donors (Lipinski definition) is 2. The second-order valence-corrected chi connectivity index (χ2v) is 10.9. The summed E-state index contributed by atoms with van der Waals surface area (Å²) in [5.74, 6) is -0.104. The fourth-order valence-corrected chi connectivity index (χ4v) is 5.10. The molecule has 0 aliphatic carbocycles. The molecule has 0 bridgehead atoms. The number of piperidine rings is 1. The fraction of sp³-hybridized carbons (Fsp3) is 0.962. The minimum Gasteiger partial charge on any atom is -0.465 e. The highest BCUT2D eigenvalue weighted by atomic mass is 16.5. The van der Waals surface area contributed by atoms with Gasteiger partial charge >= 0.3 is 5.97 Å². The molecule has 2 N–H and O–H groups in total. The van der Waals surface area contributed by atoms with Crippen molar-refractivity contribution in [3.05, 3.63) is 0 Å². The highest BCUT2D eigenvalue weighted by Gasteiger charge is 2.38. The van der Waals surface area contributed by atoms with Gasteiger partial charge in [-0.15, -0.1) is 0 Å². The number of nitrogens with one attached hydrogen (secondary N) is 2. The summed E-state index contributed by atoms with van der Waals surface area (Å²) >= 11 is 0. The Morgan fingerprint density at radius 1 is 0.867 bits per heavy atom. The van der Waals surface area contributed by atoms with Crippen molar-refractivity contribution in [2.24, 2.45) is 0 Å². The third kappa shape index (κ3) is 12.9. The first-order valence-corrected chi connectivity index (χ1v) is 12.9. The molecule has 0 unspecified atom stereocenters. The van der Waals surface area contributed by atoms with Gasteiger partial charge in [-0.3, -0.25) is 4.79 Å². The van der Waals surface area contributed by atoms with Crippen LogP contribution in [0.5, 0.6) is 0 Å². The molecule has 0 aromatic carbocycles. The van der Waals surface area contributed by atoms with Gasteiger partial charge < -0.3 is 15.4 Å². The molecule has 1 heterocycles. The second-order valence-electron chi connectivity index (χ2n) is 10.9. The highest BCUT2D eigenvalue weighted by Crippen LogP contribution is 2.28. The van der Waals surface area contributed by atoms with Gasteiger partial charge in [0.25, 0.3) is 0 Å². The predicted octanol–water partition coefficient (Wildman–Crippen LogP) is 6.52. The van der Waals surface area contributed by atoms with Crippen LogP contribution >= 0.6 is 0 Å². The summed E-state index contributed by atoms with van der Waals surface area (Å²) in [5.41, 5.74) is 0.163. The zero-order valence-corrected chi connectivity index (χ0v) is 21.1. The van der Waals surface area contributed by atoms with Crippen molar-refractivity contribution < 1.29 is 9.53 Å². The molecule has 0 radical (unpaired) electrons. The Kier molecular flexibility index (Phi) is 13.2. The number of unbranched alkanes of at least 4 members (excludes halogenated alkanes) is 11. The predicted molar refractivity (Wildman–Crippen MR) is 129 cm³/mol. The Balaban J connectivity index is 2.02. The standard InChI is InChI=1S/C26H52N2O2/c1-7-8-9-10-11-12-13-14-15-16-17-18-19-30-24(29)22(2)27-23-20-25(3,4)28-26(5,6)21-23/h22-23,27-28H,7-21H2,1-6H3/t22-/m0/s1. The van der Waals surface area contributed by atoms with Crippen molar-refractivity contribution in [2.75, 3.05) is 6.61 Å². The number of carbonyl (C=O) groups excluding carboxylic acids is 1. The third-order valence-electron chi connectivity index (χ3n) is 6.27. The van der Waals surface area contributed by atoms with Gasteiger partial charge in [0.1, 0.15) is 6.04 Å². The van der Waals surface area contributed by atoms with E-state index in [0.717, 1.165) is 19.3 Å². The topological polar surface area (TPSA) is 50.4 Å². The van der Waals surface area contributed by atoms with Gasteiger partial charge in [-0.25, -0.2) is 0 Å². The Labute approximate surface area is 187 Å². The first kappa shape index (κ1) is 27.4. The number of ether oxygens (including phenoxy) is 1. The molecule has 0 amide bonds. The molecule has 1 fully saturated rings. The molecular weight excluding hydrogens is 372 g/mol. The van der Waals surface area contributed by atoms with Gasteiger partial charge in [0.15, 0.2) is 0 Å². The Morgan fingerprint density at radius 3 is 1.77 bits per heavy atom. The van der Waals surface area contributed by atoms with Crippen LogP contribution < -0.4 is 10.6 Å².